The van der Waals surface area contributed by atoms with Crippen LogP contribution in [-0.2, 0) is 6.54 Å². The molecule has 1 saturated carbocycles. The first-order chi connectivity index (χ1) is 12.0. The van der Waals surface area contributed by atoms with Gasteiger partial charge in [0.1, 0.15) is 16.4 Å². The molecule has 0 spiro atoms. The summed E-state index contributed by atoms with van der Waals surface area (Å²) < 4.78 is 15.7. The molecule has 132 valence electrons. The van der Waals surface area contributed by atoms with Gasteiger partial charge in [-0.15, -0.1) is 0 Å². The molecule has 2 aromatic rings. The zero-order valence-corrected chi connectivity index (χ0v) is 13.9. The van der Waals surface area contributed by atoms with E-state index < -0.39 is 10.8 Å². The molecule has 1 heterocycles. The molecule has 1 aromatic heterocycles. The molecule has 0 radical (unpaired) electrons. The van der Waals surface area contributed by atoms with Crippen molar-refractivity contribution in [3.63, 3.8) is 0 Å². The predicted molar refractivity (Wildman–Crippen MR) is 87.8 cm³/mol. The van der Waals surface area contributed by atoms with Gasteiger partial charge in [-0.3, -0.25) is 14.9 Å². The Labute approximate surface area is 144 Å². The van der Waals surface area contributed by atoms with Crippen molar-refractivity contribution in [2.24, 2.45) is 0 Å². The highest BCUT2D eigenvalue weighted by atomic mass is 16.6. The molecule has 0 unspecified atom stereocenters. The molecule has 8 nitrogen and oxygen atoms in total. The first kappa shape index (κ1) is 16.8. The van der Waals surface area contributed by atoms with Crippen molar-refractivity contribution in [2.45, 2.75) is 25.4 Å². The lowest BCUT2D eigenvalue weighted by Crippen LogP contribution is -2.32. The first-order valence-corrected chi connectivity index (χ1v) is 7.79. The van der Waals surface area contributed by atoms with Crippen LogP contribution in [0.4, 0.5) is 5.88 Å². The maximum absolute atomic E-state index is 12.8. The van der Waals surface area contributed by atoms with Gasteiger partial charge >= 0.3 is 5.88 Å². The van der Waals surface area contributed by atoms with Gasteiger partial charge in [0.2, 0.25) is 0 Å². The summed E-state index contributed by atoms with van der Waals surface area (Å²) in [5, 5.41) is 10.8. The normalized spacial score (nSPS) is 13.4. The van der Waals surface area contributed by atoms with E-state index in [4.69, 9.17) is 13.9 Å². The Bertz CT molecular complexity index is 796. The molecule has 0 N–H and O–H groups in total. The number of furan rings is 1. The molecule has 25 heavy (non-hydrogen) atoms. The molecule has 1 aliphatic carbocycles. The summed E-state index contributed by atoms with van der Waals surface area (Å²) in [5.41, 5.74) is 0.795. The highest BCUT2D eigenvalue weighted by Crippen LogP contribution is 2.33. The van der Waals surface area contributed by atoms with Crippen molar-refractivity contribution in [3.05, 3.63) is 51.8 Å². The Hall–Kier alpha value is -3.03. The average Bonchev–Trinajstić information content (AvgIpc) is 3.33. The fourth-order valence-corrected chi connectivity index (χ4v) is 2.62. The van der Waals surface area contributed by atoms with Crippen LogP contribution in [0.25, 0.3) is 0 Å². The second kappa shape index (κ2) is 6.84. The minimum Gasteiger partial charge on any atom is -0.497 e. The molecule has 8 heteroatoms. The summed E-state index contributed by atoms with van der Waals surface area (Å²) in [6.45, 7) is 0.304. The number of rotatable bonds is 7. The Morgan fingerprint density at radius 2 is 2.04 bits per heavy atom. The van der Waals surface area contributed by atoms with Crippen LogP contribution in [0.1, 0.15) is 29.0 Å². The third-order valence-electron chi connectivity index (χ3n) is 4.06. The van der Waals surface area contributed by atoms with Crippen LogP contribution in [0, 0.1) is 10.1 Å². The number of hydrogen-bond donors (Lipinski definition) is 0. The Balaban J connectivity index is 1.86. The molecule has 1 aromatic carbocycles. The number of nitro groups is 1. The lowest BCUT2D eigenvalue weighted by atomic mass is 10.1. The average molecular weight is 346 g/mol. The number of hydrogen-bond acceptors (Lipinski definition) is 6. The van der Waals surface area contributed by atoms with Crippen molar-refractivity contribution < 1.29 is 23.6 Å². The molecule has 0 atom stereocenters. The number of benzene rings is 1. The van der Waals surface area contributed by atoms with Gasteiger partial charge in [0, 0.05) is 11.6 Å². The number of methoxy groups -OCH3 is 2. The quantitative estimate of drug-likeness (QED) is 0.565. The maximum Gasteiger partial charge on any atom is 0.433 e. The Morgan fingerprint density at radius 1 is 1.28 bits per heavy atom. The zero-order chi connectivity index (χ0) is 18.0. The number of carbonyl (C=O) groups is 1. The smallest absolute Gasteiger partial charge is 0.433 e. The fourth-order valence-electron chi connectivity index (χ4n) is 2.62. The third kappa shape index (κ3) is 3.57. The largest absolute Gasteiger partial charge is 0.497 e. The molecule has 0 bridgehead atoms. The third-order valence-corrected chi connectivity index (χ3v) is 4.06. The van der Waals surface area contributed by atoms with Crippen LogP contribution in [0.2, 0.25) is 0 Å². The van der Waals surface area contributed by atoms with Gasteiger partial charge < -0.3 is 18.8 Å². The first-order valence-electron chi connectivity index (χ1n) is 7.79. The molecule has 3 rings (SSSR count). The zero-order valence-electron chi connectivity index (χ0n) is 13.9. The number of ether oxygens (including phenoxy) is 2. The number of nitrogens with zero attached hydrogens (tertiary/aromatic N) is 2. The fraction of sp³-hybridized carbons (Fsp3) is 0.353. The van der Waals surface area contributed by atoms with Gasteiger partial charge in [-0.1, -0.05) is 0 Å². The second-order valence-corrected chi connectivity index (χ2v) is 5.74. The summed E-state index contributed by atoms with van der Waals surface area (Å²) in [6, 6.07) is 7.98. The van der Waals surface area contributed by atoms with Crippen molar-refractivity contribution in [1.82, 2.24) is 4.90 Å². The summed E-state index contributed by atoms with van der Waals surface area (Å²) in [5.74, 6) is 0.441. The van der Waals surface area contributed by atoms with Gasteiger partial charge in [-0.25, -0.2) is 0 Å². The predicted octanol–water partition coefficient (Wildman–Crippen LogP) is 3.01. The van der Waals surface area contributed by atoms with Crippen molar-refractivity contribution >= 4 is 11.8 Å². The van der Waals surface area contributed by atoms with Crippen molar-refractivity contribution in [2.75, 3.05) is 14.2 Å². The highest BCUT2D eigenvalue weighted by Gasteiger charge is 2.35. The maximum atomic E-state index is 12.8. The van der Waals surface area contributed by atoms with E-state index in [-0.39, 0.29) is 17.7 Å². The Kier molecular flexibility index (Phi) is 4.60. The van der Waals surface area contributed by atoms with Gasteiger partial charge in [0.15, 0.2) is 5.76 Å². The molecule has 1 amide bonds. The number of carbonyl (C=O) groups excluding carboxylic acids is 1. The topological polar surface area (TPSA) is 95.0 Å². The summed E-state index contributed by atoms with van der Waals surface area (Å²) in [7, 11) is 3.13. The molecular formula is C17H18N2O6. The molecule has 1 fully saturated rings. The SMILES string of the molecule is COc1ccc(OC)c(CN(C(=O)c2ccc([N+](=O)[O-])o2)C2CC2)c1. The van der Waals surface area contributed by atoms with E-state index in [0.29, 0.717) is 18.0 Å². The van der Waals surface area contributed by atoms with Crippen LogP contribution < -0.4 is 9.47 Å². The van der Waals surface area contributed by atoms with E-state index in [1.165, 1.54) is 12.1 Å². The summed E-state index contributed by atoms with van der Waals surface area (Å²) in [4.78, 5) is 24.5. The molecular weight excluding hydrogens is 328 g/mol. The van der Waals surface area contributed by atoms with Crippen molar-refractivity contribution in [1.29, 1.82) is 0 Å². The molecule has 0 saturated heterocycles. The van der Waals surface area contributed by atoms with E-state index in [1.807, 2.05) is 6.07 Å². The van der Waals surface area contributed by atoms with Crippen LogP contribution in [0.3, 0.4) is 0 Å². The van der Waals surface area contributed by atoms with Gasteiger partial charge in [0.05, 0.1) is 26.8 Å². The highest BCUT2D eigenvalue weighted by molar-refractivity contribution is 5.92. The van der Waals surface area contributed by atoms with Crippen LogP contribution in [-0.4, -0.2) is 36.0 Å². The van der Waals surface area contributed by atoms with Gasteiger partial charge in [0.25, 0.3) is 5.91 Å². The van der Waals surface area contributed by atoms with Crippen LogP contribution >= 0.6 is 0 Å². The summed E-state index contributed by atoms with van der Waals surface area (Å²) in [6.07, 6.45) is 1.78. The van der Waals surface area contributed by atoms with Gasteiger partial charge in [-0.2, -0.15) is 0 Å². The monoisotopic (exact) mass is 346 g/mol. The lowest BCUT2D eigenvalue weighted by molar-refractivity contribution is -0.402. The molecule has 0 aliphatic heterocycles. The Morgan fingerprint density at radius 3 is 2.60 bits per heavy atom. The van der Waals surface area contributed by atoms with Crippen molar-refractivity contribution in [3.8, 4) is 11.5 Å². The van der Waals surface area contributed by atoms with E-state index in [0.717, 1.165) is 18.4 Å². The van der Waals surface area contributed by atoms with E-state index in [1.54, 1.807) is 31.3 Å². The second-order valence-electron chi connectivity index (χ2n) is 5.74. The number of amides is 1. The summed E-state index contributed by atoms with van der Waals surface area (Å²) >= 11 is 0. The minimum atomic E-state index is -0.663. The lowest BCUT2D eigenvalue weighted by Gasteiger charge is -2.22. The van der Waals surface area contributed by atoms with E-state index in [9.17, 15) is 14.9 Å². The van der Waals surface area contributed by atoms with Crippen LogP contribution in [0.5, 0.6) is 11.5 Å². The van der Waals surface area contributed by atoms with E-state index >= 15 is 0 Å². The standard InChI is InChI=1S/C17H18N2O6/c1-23-13-5-6-14(24-2)11(9-13)10-18(12-3-4-12)17(20)15-7-8-16(25-15)19(21)22/h5-9,12H,3-4,10H2,1-2H3. The van der Waals surface area contributed by atoms with Crippen LogP contribution in [0.15, 0.2) is 34.7 Å². The minimum absolute atomic E-state index is 0.0412. The molecule has 1 aliphatic rings. The van der Waals surface area contributed by atoms with Gasteiger partial charge in [-0.05, 0) is 37.1 Å². The van der Waals surface area contributed by atoms with E-state index in [2.05, 4.69) is 0 Å².